The van der Waals surface area contributed by atoms with Crippen molar-refractivity contribution >= 4 is 12.0 Å². The van der Waals surface area contributed by atoms with Gasteiger partial charge in [0.1, 0.15) is 6.04 Å². The van der Waals surface area contributed by atoms with Crippen LogP contribution in [0.15, 0.2) is 0 Å². The van der Waals surface area contributed by atoms with E-state index < -0.39 is 18.1 Å². The highest BCUT2D eigenvalue weighted by atomic mass is 16.4. The number of aliphatic hydroxyl groups is 1. The molecule has 0 aromatic rings. The summed E-state index contributed by atoms with van der Waals surface area (Å²) in [7, 11) is 0. The fourth-order valence-electron chi connectivity index (χ4n) is 2.92. The van der Waals surface area contributed by atoms with Crippen molar-refractivity contribution in [3.63, 3.8) is 0 Å². The van der Waals surface area contributed by atoms with Gasteiger partial charge in [-0.1, -0.05) is 6.92 Å². The van der Waals surface area contributed by atoms with E-state index >= 15 is 0 Å². The standard InChI is InChI=1S/C13H23N3O4/c1-2-3-14-4-6-15(7-5-14)13(20)16-9-10(17)8-11(16)12(18)19/h10-11,17H,2-9H2,1H3,(H,18,19). The number of carbonyl (C=O) groups is 2. The van der Waals surface area contributed by atoms with Crippen molar-refractivity contribution in [2.75, 3.05) is 39.3 Å². The van der Waals surface area contributed by atoms with Gasteiger partial charge in [-0.2, -0.15) is 0 Å². The normalized spacial score (nSPS) is 27.9. The van der Waals surface area contributed by atoms with E-state index in [4.69, 9.17) is 5.11 Å². The van der Waals surface area contributed by atoms with Crippen LogP contribution in [0.5, 0.6) is 0 Å². The molecule has 2 fully saturated rings. The first-order valence-electron chi connectivity index (χ1n) is 7.21. The average Bonchev–Trinajstić information content (AvgIpc) is 2.81. The molecular weight excluding hydrogens is 262 g/mol. The Labute approximate surface area is 118 Å². The molecule has 2 aliphatic heterocycles. The van der Waals surface area contributed by atoms with Crippen molar-refractivity contribution < 1.29 is 19.8 Å². The second kappa shape index (κ2) is 6.41. The number of carboxylic acids is 1. The number of urea groups is 1. The Morgan fingerprint density at radius 1 is 1.20 bits per heavy atom. The Morgan fingerprint density at radius 3 is 2.40 bits per heavy atom. The van der Waals surface area contributed by atoms with Gasteiger partial charge < -0.3 is 20.0 Å². The Hall–Kier alpha value is -1.34. The Bertz CT molecular complexity index is 369. The lowest BCUT2D eigenvalue weighted by Gasteiger charge is -2.37. The van der Waals surface area contributed by atoms with Gasteiger partial charge in [0.2, 0.25) is 0 Å². The number of amides is 2. The van der Waals surface area contributed by atoms with Gasteiger partial charge in [0, 0.05) is 39.1 Å². The number of hydrogen-bond acceptors (Lipinski definition) is 4. The highest BCUT2D eigenvalue weighted by Crippen LogP contribution is 2.20. The highest BCUT2D eigenvalue weighted by molar-refractivity contribution is 5.83. The monoisotopic (exact) mass is 285 g/mol. The first-order chi connectivity index (χ1) is 9.52. The maximum absolute atomic E-state index is 12.4. The number of rotatable bonds is 3. The summed E-state index contributed by atoms with van der Waals surface area (Å²) in [5.41, 5.74) is 0. The van der Waals surface area contributed by atoms with Crippen LogP contribution in [0.4, 0.5) is 4.79 Å². The Balaban J connectivity index is 1.93. The van der Waals surface area contributed by atoms with Crippen LogP contribution in [0.3, 0.4) is 0 Å². The largest absolute Gasteiger partial charge is 0.480 e. The fraction of sp³-hybridized carbons (Fsp3) is 0.846. The predicted molar refractivity (Wildman–Crippen MR) is 72.5 cm³/mol. The van der Waals surface area contributed by atoms with E-state index in [0.717, 1.165) is 26.1 Å². The van der Waals surface area contributed by atoms with Crippen molar-refractivity contribution in [2.24, 2.45) is 0 Å². The van der Waals surface area contributed by atoms with Crippen molar-refractivity contribution in [2.45, 2.75) is 31.9 Å². The van der Waals surface area contributed by atoms with E-state index in [0.29, 0.717) is 13.1 Å². The molecule has 0 spiro atoms. The van der Waals surface area contributed by atoms with Crippen LogP contribution in [0.2, 0.25) is 0 Å². The van der Waals surface area contributed by atoms with Crippen molar-refractivity contribution in [3.8, 4) is 0 Å². The number of carboxylic acid groups (broad SMARTS) is 1. The zero-order chi connectivity index (χ0) is 14.7. The minimum atomic E-state index is -1.04. The SMILES string of the molecule is CCCN1CCN(C(=O)N2CC(O)CC2C(=O)O)CC1. The molecule has 0 aromatic carbocycles. The van der Waals surface area contributed by atoms with Crippen molar-refractivity contribution in [1.29, 1.82) is 0 Å². The van der Waals surface area contributed by atoms with Crippen LogP contribution in [0.25, 0.3) is 0 Å². The van der Waals surface area contributed by atoms with Gasteiger partial charge in [0.15, 0.2) is 0 Å². The van der Waals surface area contributed by atoms with Crippen LogP contribution in [0.1, 0.15) is 19.8 Å². The summed E-state index contributed by atoms with van der Waals surface area (Å²) in [6.07, 6.45) is 0.478. The zero-order valence-corrected chi connectivity index (χ0v) is 11.9. The number of aliphatic carboxylic acids is 1. The molecule has 0 radical (unpaired) electrons. The Morgan fingerprint density at radius 2 is 1.85 bits per heavy atom. The number of carbonyl (C=O) groups excluding carboxylic acids is 1. The fourth-order valence-corrected chi connectivity index (χ4v) is 2.92. The van der Waals surface area contributed by atoms with Gasteiger partial charge in [-0.05, 0) is 13.0 Å². The van der Waals surface area contributed by atoms with Crippen LogP contribution >= 0.6 is 0 Å². The smallest absolute Gasteiger partial charge is 0.326 e. The van der Waals surface area contributed by atoms with Gasteiger partial charge in [-0.15, -0.1) is 0 Å². The second-order valence-electron chi connectivity index (χ2n) is 5.51. The highest BCUT2D eigenvalue weighted by Gasteiger charge is 2.41. The summed E-state index contributed by atoms with van der Waals surface area (Å²) in [6.45, 7) is 6.17. The van der Waals surface area contributed by atoms with Crippen LogP contribution < -0.4 is 0 Å². The quantitative estimate of drug-likeness (QED) is 0.741. The molecule has 7 nitrogen and oxygen atoms in total. The first kappa shape index (κ1) is 15.1. The maximum atomic E-state index is 12.4. The lowest BCUT2D eigenvalue weighted by molar-refractivity contribution is -0.141. The minimum absolute atomic E-state index is 0.116. The molecule has 2 N–H and O–H groups in total. The molecule has 0 saturated carbocycles. The molecule has 20 heavy (non-hydrogen) atoms. The minimum Gasteiger partial charge on any atom is -0.480 e. The molecular formula is C13H23N3O4. The number of aliphatic hydroxyl groups excluding tert-OH is 1. The molecule has 0 aromatic heterocycles. The van der Waals surface area contributed by atoms with Crippen LogP contribution in [-0.2, 0) is 4.79 Å². The summed E-state index contributed by atoms with van der Waals surface area (Å²) >= 11 is 0. The van der Waals surface area contributed by atoms with E-state index in [2.05, 4.69) is 11.8 Å². The Kier molecular flexibility index (Phi) is 4.82. The lowest BCUT2D eigenvalue weighted by Crippen LogP contribution is -2.54. The first-order valence-corrected chi connectivity index (χ1v) is 7.21. The summed E-state index contributed by atoms with van der Waals surface area (Å²) < 4.78 is 0. The van der Waals surface area contributed by atoms with Crippen molar-refractivity contribution in [3.05, 3.63) is 0 Å². The number of likely N-dealkylation sites (tertiary alicyclic amines) is 1. The van der Waals surface area contributed by atoms with E-state index in [1.807, 2.05) is 0 Å². The zero-order valence-electron chi connectivity index (χ0n) is 11.9. The molecule has 2 atom stereocenters. The summed E-state index contributed by atoms with van der Waals surface area (Å²) in [6, 6.07) is -1.16. The molecule has 2 aliphatic rings. The van der Waals surface area contributed by atoms with Gasteiger partial charge >= 0.3 is 12.0 Å². The number of β-amino-alcohol motifs (C(OH)–C–C–N with tert-alkyl or cyclic N) is 1. The third-order valence-electron chi connectivity index (χ3n) is 3.99. The van der Waals surface area contributed by atoms with Gasteiger partial charge in [-0.25, -0.2) is 9.59 Å². The molecule has 7 heteroatoms. The van der Waals surface area contributed by atoms with E-state index in [1.54, 1.807) is 4.90 Å². The van der Waals surface area contributed by atoms with Gasteiger partial charge in [-0.3, -0.25) is 4.90 Å². The average molecular weight is 285 g/mol. The van der Waals surface area contributed by atoms with E-state index in [1.165, 1.54) is 4.90 Å². The maximum Gasteiger partial charge on any atom is 0.326 e. The molecule has 114 valence electrons. The second-order valence-corrected chi connectivity index (χ2v) is 5.51. The third-order valence-corrected chi connectivity index (χ3v) is 3.99. The molecule has 0 aliphatic carbocycles. The van der Waals surface area contributed by atoms with Gasteiger partial charge in [0.05, 0.1) is 6.10 Å². The summed E-state index contributed by atoms with van der Waals surface area (Å²) in [5.74, 6) is -1.04. The molecule has 2 rings (SSSR count). The van der Waals surface area contributed by atoms with Crippen molar-refractivity contribution in [1.82, 2.24) is 14.7 Å². The molecule has 2 saturated heterocycles. The number of hydrogen-bond donors (Lipinski definition) is 2. The van der Waals surface area contributed by atoms with Gasteiger partial charge in [0.25, 0.3) is 0 Å². The lowest BCUT2D eigenvalue weighted by atomic mass is 10.2. The topological polar surface area (TPSA) is 84.3 Å². The number of piperazine rings is 1. The van der Waals surface area contributed by atoms with Crippen LogP contribution in [-0.4, -0.2) is 88.3 Å². The molecule has 0 bridgehead atoms. The number of nitrogens with zero attached hydrogens (tertiary/aromatic N) is 3. The molecule has 2 amide bonds. The summed E-state index contributed by atoms with van der Waals surface area (Å²) in [4.78, 5) is 28.8. The predicted octanol–water partition coefficient (Wildman–Crippen LogP) is -0.346. The van der Waals surface area contributed by atoms with Crippen LogP contribution in [0, 0.1) is 0 Å². The summed E-state index contributed by atoms with van der Waals surface area (Å²) in [5, 5.41) is 18.7. The van der Waals surface area contributed by atoms with E-state index in [-0.39, 0.29) is 19.0 Å². The van der Waals surface area contributed by atoms with E-state index in [9.17, 15) is 14.7 Å². The molecule has 2 heterocycles. The molecule has 2 unspecified atom stereocenters. The third kappa shape index (κ3) is 3.21.